The molecule has 0 saturated heterocycles. The van der Waals surface area contributed by atoms with Gasteiger partial charge in [-0.25, -0.2) is 4.79 Å². The molecule has 3 N–H and O–H groups in total. The molecule has 0 spiro atoms. The summed E-state index contributed by atoms with van der Waals surface area (Å²) in [7, 11) is 0. The SMILES string of the molecule is Cc1ccc(NC(=O)CC2(NC(=O)Nc3ccc(C)cc3)C(=O)N(CC(=O)c3ccccc3)c3ccccc32)cc1. The fraction of sp³-hybridized carbons (Fsp3) is 0.152. The lowest BCUT2D eigenvalue weighted by Crippen LogP contribution is -2.56. The Balaban J connectivity index is 1.49. The maximum Gasteiger partial charge on any atom is 0.320 e. The summed E-state index contributed by atoms with van der Waals surface area (Å²) in [6.07, 6.45) is -0.381. The summed E-state index contributed by atoms with van der Waals surface area (Å²) < 4.78 is 0. The molecule has 0 aliphatic carbocycles. The van der Waals surface area contributed by atoms with Gasteiger partial charge in [-0.1, -0.05) is 83.9 Å². The van der Waals surface area contributed by atoms with Crippen molar-refractivity contribution in [1.82, 2.24) is 5.32 Å². The second-order valence-corrected chi connectivity index (χ2v) is 10.1. The number of hydrogen-bond donors (Lipinski definition) is 3. The van der Waals surface area contributed by atoms with E-state index in [0.29, 0.717) is 28.2 Å². The van der Waals surface area contributed by atoms with Crippen molar-refractivity contribution in [3.8, 4) is 0 Å². The summed E-state index contributed by atoms with van der Waals surface area (Å²) in [5.74, 6) is -1.30. The minimum absolute atomic E-state index is 0.248. The van der Waals surface area contributed by atoms with Crippen molar-refractivity contribution in [2.45, 2.75) is 25.8 Å². The third-order valence-corrected chi connectivity index (χ3v) is 7.06. The molecule has 0 aromatic heterocycles. The molecule has 4 amide bonds. The third kappa shape index (κ3) is 5.86. The Labute approximate surface area is 238 Å². The second kappa shape index (κ2) is 11.5. The predicted octanol–water partition coefficient (Wildman–Crippen LogP) is 5.58. The molecule has 0 fully saturated rings. The van der Waals surface area contributed by atoms with Crippen LogP contribution in [-0.2, 0) is 15.1 Å². The highest BCUT2D eigenvalue weighted by atomic mass is 16.2. The van der Waals surface area contributed by atoms with Gasteiger partial charge in [0.25, 0.3) is 5.91 Å². The van der Waals surface area contributed by atoms with Crippen LogP contribution in [0.25, 0.3) is 0 Å². The molecule has 8 heteroatoms. The van der Waals surface area contributed by atoms with Gasteiger partial charge in [-0.2, -0.15) is 0 Å². The maximum absolute atomic E-state index is 14.3. The van der Waals surface area contributed by atoms with Crippen molar-refractivity contribution in [1.29, 1.82) is 0 Å². The Kier molecular flexibility index (Phi) is 7.65. The number of rotatable bonds is 8. The highest BCUT2D eigenvalue weighted by Crippen LogP contribution is 2.43. The molecule has 206 valence electrons. The number of para-hydroxylation sites is 1. The van der Waals surface area contributed by atoms with E-state index >= 15 is 0 Å². The molecule has 1 unspecified atom stereocenters. The topological polar surface area (TPSA) is 108 Å². The molecular weight excluding hydrogens is 516 g/mol. The normalized spacial score (nSPS) is 15.7. The number of fused-ring (bicyclic) bond motifs is 1. The molecule has 0 radical (unpaired) electrons. The monoisotopic (exact) mass is 546 g/mol. The van der Waals surface area contributed by atoms with Crippen LogP contribution in [0.2, 0.25) is 0 Å². The third-order valence-electron chi connectivity index (χ3n) is 7.06. The molecule has 1 heterocycles. The first-order valence-electron chi connectivity index (χ1n) is 13.3. The van der Waals surface area contributed by atoms with Gasteiger partial charge in [0, 0.05) is 22.5 Å². The number of urea groups is 1. The van der Waals surface area contributed by atoms with E-state index in [4.69, 9.17) is 0 Å². The molecule has 4 aromatic rings. The molecule has 1 aliphatic rings. The van der Waals surface area contributed by atoms with E-state index in [2.05, 4.69) is 16.0 Å². The van der Waals surface area contributed by atoms with Crippen LogP contribution >= 0.6 is 0 Å². The van der Waals surface area contributed by atoms with E-state index in [1.807, 2.05) is 38.1 Å². The van der Waals surface area contributed by atoms with Gasteiger partial charge in [0.15, 0.2) is 11.3 Å². The lowest BCUT2D eigenvalue weighted by molar-refractivity contribution is -0.128. The lowest BCUT2D eigenvalue weighted by atomic mass is 9.87. The van der Waals surface area contributed by atoms with Crippen LogP contribution in [0, 0.1) is 13.8 Å². The Bertz CT molecular complexity index is 1540. The molecule has 5 rings (SSSR count). The Hall–Kier alpha value is -5.24. The number of ketones is 1. The van der Waals surface area contributed by atoms with Crippen LogP contribution in [0.3, 0.4) is 0 Å². The Morgan fingerprint density at radius 2 is 1.27 bits per heavy atom. The number of aryl methyl sites for hydroxylation is 2. The van der Waals surface area contributed by atoms with Crippen LogP contribution in [0.15, 0.2) is 103 Å². The minimum Gasteiger partial charge on any atom is -0.326 e. The van der Waals surface area contributed by atoms with Crippen molar-refractivity contribution in [3.05, 3.63) is 125 Å². The zero-order chi connectivity index (χ0) is 29.0. The molecule has 8 nitrogen and oxygen atoms in total. The number of benzene rings is 4. The summed E-state index contributed by atoms with van der Waals surface area (Å²) in [5.41, 5.74) is 2.75. The van der Waals surface area contributed by atoms with E-state index in [1.54, 1.807) is 78.9 Å². The molecular formula is C33H30N4O4. The fourth-order valence-corrected chi connectivity index (χ4v) is 4.95. The van der Waals surface area contributed by atoms with Gasteiger partial charge in [0.05, 0.1) is 18.7 Å². The van der Waals surface area contributed by atoms with Crippen molar-refractivity contribution in [2.75, 3.05) is 22.1 Å². The van der Waals surface area contributed by atoms with Crippen LogP contribution in [0.5, 0.6) is 0 Å². The summed E-state index contributed by atoms with van der Waals surface area (Å²) in [4.78, 5) is 55.6. The van der Waals surface area contributed by atoms with Crippen LogP contribution in [0.4, 0.5) is 21.9 Å². The molecule has 1 aliphatic heterocycles. The number of nitrogens with one attached hydrogen (secondary N) is 3. The van der Waals surface area contributed by atoms with E-state index in [9.17, 15) is 19.2 Å². The van der Waals surface area contributed by atoms with Crippen molar-refractivity contribution in [3.63, 3.8) is 0 Å². The number of anilines is 3. The predicted molar refractivity (Wildman–Crippen MR) is 159 cm³/mol. The Morgan fingerprint density at radius 3 is 1.90 bits per heavy atom. The number of amides is 4. The highest BCUT2D eigenvalue weighted by molar-refractivity contribution is 6.16. The molecule has 0 saturated carbocycles. The smallest absolute Gasteiger partial charge is 0.320 e. The minimum atomic E-state index is -1.75. The average Bonchev–Trinajstić information content (AvgIpc) is 3.18. The van der Waals surface area contributed by atoms with Crippen molar-refractivity contribution < 1.29 is 19.2 Å². The van der Waals surface area contributed by atoms with Crippen LogP contribution in [0.1, 0.15) is 33.5 Å². The van der Waals surface area contributed by atoms with Gasteiger partial charge in [0.1, 0.15) is 0 Å². The molecule has 41 heavy (non-hydrogen) atoms. The van der Waals surface area contributed by atoms with Crippen LogP contribution in [-0.4, -0.2) is 30.2 Å². The maximum atomic E-state index is 14.3. The van der Waals surface area contributed by atoms with Gasteiger partial charge in [0.2, 0.25) is 5.91 Å². The Morgan fingerprint density at radius 1 is 0.707 bits per heavy atom. The first-order valence-corrected chi connectivity index (χ1v) is 13.3. The number of carbonyl (C=O) groups is 4. The van der Waals surface area contributed by atoms with Crippen LogP contribution < -0.4 is 20.9 Å². The first-order chi connectivity index (χ1) is 19.7. The first kappa shape index (κ1) is 27.3. The second-order valence-electron chi connectivity index (χ2n) is 10.1. The standard InChI is InChI=1S/C33H30N4O4/c1-22-12-16-25(17-13-22)34-30(39)20-33(36-32(41)35-26-18-14-23(2)15-19-26)27-10-6-7-11-28(27)37(31(33)40)21-29(38)24-8-4-3-5-9-24/h3-19H,20-21H2,1-2H3,(H,34,39)(H2,35,36,41). The fourth-order valence-electron chi connectivity index (χ4n) is 4.95. The van der Waals surface area contributed by atoms with E-state index < -0.39 is 23.4 Å². The summed E-state index contributed by atoms with van der Waals surface area (Å²) in [6.45, 7) is 3.63. The average molecular weight is 547 g/mol. The number of carbonyl (C=O) groups excluding carboxylic acids is 4. The zero-order valence-electron chi connectivity index (χ0n) is 22.8. The number of Topliss-reactive ketones (excluding diaryl/α,β-unsaturated/α-hetero) is 1. The van der Waals surface area contributed by atoms with Gasteiger partial charge in [-0.15, -0.1) is 0 Å². The largest absolute Gasteiger partial charge is 0.326 e. The summed E-state index contributed by atoms with van der Waals surface area (Å²) in [5, 5.41) is 8.41. The van der Waals surface area contributed by atoms with E-state index in [0.717, 1.165) is 11.1 Å². The quantitative estimate of drug-likeness (QED) is 0.251. The molecule has 1 atom stereocenters. The highest BCUT2D eigenvalue weighted by Gasteiger charge is 2.53. The summed E-state index contributed by atoms with van der Waals surface area (Å²) >= 11 is 0. The van der Waals surface area contributed by atoms with E-state index in [1.165, 1.54) is 4.90 Å². The van der Waals surface area contributed by atoms with Crippen molar-refractivity contribution in [2.24, 2.45) is 0 Å². The molecule has 0 bridgehead atoms. The molecule has 4 aromatic carbocycles. The van der Waals surface area contributed by atoms with E-state index in [-0.39, 0.29) is 18.7 Å². The summed E-state index contributed by atoms with van der Waals surface area (Å²) in [6, 6.07) is 29.4. The number of hydrogen-bond acceptors (Lipinski definition) is 4. The van der Waals surface area contributed by atoms with Crippen molar-refractivity contribution >= 4 is 40.7 Å². The van der Waals surface area contributed by atoms with Gasteiger partial charge in [-0.05, 0) is 44.2 Å². The van der Waals surface area contributed by atoms with Gasteiger partial charge >= 0.3 is 6.03 Å². The van der Waals surface area contributed by atoms with Gasteiger partial charge in [-0.3, -0.25) is 14.4 Å². The van der Waals surface area contributed by atoms with Gasteiger partial charge < -0.3 is 20.9 Å². The zero-order valence-corrected chi connectivity index (χ0v) is 22.8. The lowest BCUT2D eigenvalue weighted by Gasteiger charge is -2.29. The number of nitrogens with zero attached hydrogens (tertiary/aromatic N) is 1.